The van der Waals surface area contributed by atoms with Gasteiger partial charge in [0, 0.05) is 19.6 Å². The van der Waals surface area contributed by atoms with E-state index in [0.29, 0.717) is 45.3 Å². The highest BCUT2D eigenvalue weighted by molar-refractivity contribution is 5.76. The first-order chi connectivity index (χ1) is 9.11. The summed E-state index contributed by atoms with van der Waals surface area (Å²) in [6.45, 7) is 3.19. The van der Waals surface area contributed by atoms with Gasteiger partial charge in [-0.05, 0) is 18.9 Å². The molecule has 2 amide bonds. The summed E-state index contributed by atoms with van der Waals surface area (Å²) in [7, 11) is 0. The topological polar surface area (TPSA) is 96.1 Å². The van der Waals surface area contributed by atoms with Crippen molar-refractivity contribution in [3.63, 3.8) is 0 Å². The molecule has 2 aliphatic rings. The van der Waals surface area contributed by atoms with Crippen LogP contribution in [0.4, 0.5) is 4.79 Å². The Morgan fingerprint density at radius 1 is 1.37 bits per heavy atom. The van der Waals surface area contributed by atoms with Crippen LogP contribution >= 0.6 is 0 Å². The maximum absolute atomic E-state index is 12.4. The average molecular weight is 271 g/mol. The predicted octanol–water partition coefficient (Wildman–Crippen LogP) is -0.437. The Hall–Kier alpha value is -1.34. The van der Waals surface area contributed by atoms with Gasteiger partial charge in [0.2, 0.25) is 0 Å². The number of carbonyl (C=O) groups excluding carboxylic acids is 1. The van der Waals surface area contributed by atoms with Gasteiger partial charge < -0.3 is 25.4 Å². The minimum Gasteiger partial charge on any atom is -0.481 e. The number of carboxylic acids is 1. The number of rotatable bonds is 3. The van der Waals surface area contributed by atoms with Crippen LogP contribution in [0.5, 0.6) is 0 Å². The average Bonchev–Trinajstić information content (AvgIpc) is 2.86. The van der Waals surface area contributed by atoms with E-state index < -0.39 is 5.97 Å². The van der Waals surface area contributed by atoms with Crippen molar-refractivity contribution >= 4 is 12.0 Å². The van der Waals surface area contributed by atoms with Gasteiger partial charge in [0.15, 0.2) is 0 Å². The Morgan fingerprint density at radius 2 is 2.16 bits per heavy atom. The van der Waals surface area contributed by atoms with E-state index >= 15 is 0 Å². The zero-order valence-corrected chi connectivity index (χ0v) is 11.0. The number of amides is 2. The summed E-state index contributed by atoms with van der Waals surface area (Å²) in [5, 5.41) is 8.89. The van der Waals surface area contributed by atoms with E-state index in [1.54, 1.807) is 9.80 Å². The number of morpholine rings is 1. The van der Waals surface area contributed by atoms with E-state index in [-0.39, 0.29) is 18.5 Å². The van der Waals surface area contributed by atoms with Crippen molar-refractivity contribution < 1.29 is 19.4 Å². The molecule has 3 N–H and O–H groups in total. The number of carboxylic acid groups (broad SMARTS) is 1. The second-order valence-corrected chi connectivity index (χ2v) is 5.14. The Labute approximate surface area is 112 Å². The summed E-state index contributed by atoms with van der Waals surface area (Å²) < 4.78 is 5.27. The molecule has 2 saturated heterocycles. The first-order valence-corrected chi connectivity index (χ1v) is 6.67. The van der Waals surface area contributed by atoms with Crippen LogP contribution in [-0.4, -0.2) is 72.3 Å². The predicted molar refractivity (Wildman–Crippen MR) is 67.7 cm³/mol. The molecule has 108 valence electrons. The Morgan fingerprint density at radius 3 is 2.79 bits per heavy atom. The van der Waals surface area contributed by atoms with E-state index in [1.165, 1.54) is 0 Å². The van der Waals surface area contributed by atoms with Crippen molar-refractivity contribution in [2.75, 3.05) is 39.4 Å². The van der Waals surface area contributed by atoms with Gasteiger partial charge in [0.05, 0.1) is 25.7 Å². The third-order valence-corrected chi connectivity index (χ3v) is 3.77. The molecule has 2 atom stereocenters. The largest absolute Gasteiger partial charge is 0.481 e. The highest BCUT2D eigenvalue weighted by atomic mass is 16.5. The van der Waals surface area contributed by atoms with Gasteiger partial charge >= 0.3 is 12.0 Å². The standard InChI is InChI=1S/C12H21N3O4/c13-6-9-1-2-14(7-9)12(18)15-3-4-19-8-10(15)5-11(16)17/h9-10H,1-8,13H2,(H,16,17). The van der Waals surface area contributed by atoms with Crippen LogP contribution in [0.1, 0.15) is 12.8 Å². The van der Waals surface area contributed by atoms with Crippen molar-refractivity contribution in [3.05, 3.63) is 0 Å². The molecular formula is C12H21N3O4. The molecule has 2 heterocycles. The number of carbonyl (C=O) groups is 2. The van der Waals surface area contributed by atoms with Gasteiger partial charge in [-0.1, -0.05) is 0 Å². The van der Waals surface area contributed by atoms with Gasteiger partial charge in [-0.3, -0.25) is 4.79 Å². The molecule has 19 heavy (non-hydrogen) atoms. The first-order valence-electron chi connectivity index (χ1n) is 6.67. The van der Waals surface area contributed by atoms with Crippen molar-refractivity contribution in [1.82, 2.24) is 9.80 Å². The third kappa shape index (κ3) is 3.36. The molecule has 7 nitrogen and oxygen atoms in total. The highest BCUT2D eigenvalue weighted by Gasteiger charge is 2.34. The molecule has 0 spiro atoms. The van der Waals surface area contributed by atoms with Crippen molar-refractivity contribution in [1.29, 1.82) is 0 Å². The molecule has 2 unspecified atom stereocenters. The summed E-state index contributed by atoms with van der Waals surface area (Å²) in [4.78, 5) is 26.7. The second kappa shape index (κ2) is 6.21. The fourth-order valence-corrected chi connectivity index (χ4v) is 2.66. The summed E-state index contributed by atoms with van der Waals surface area (Å²) in [6.07, 6.45) is 0.857. The van der Waals surface area contributed by atoms with Crippen LogP contribution in [0, 0.1) is 5.92 Å². The minimum atomic E-state index is -0.908. The molecule has 0 aromatic rings. The number of aliphatic carboxylic acids is 1. The number of ether oxygens (including phenoxy) is 1. The quantitative estimate of drug-likeness (QED) is 0.725. The van der Waals surface area contributed by atoms with Crippen molar-refractivity contribution in [2.45, 2.75) is 18.9 Å². The minimum absolute atomic E-state index is 0.0695. The van der Waals surface area contributed by atoms with E-state index in [4.69, 9.17) is 15.6 Å². The highest BCUT2D eigenvalue weighted by Crippen LogP contribution is 2.20. The molecule has 0 aromatic carbocycles. The number of hydrogen-bond donors (Lipinski definition) is 2. The SMILES string of the molecule is NCC1CCN(C(=O)N2CCOCC2CC(=O)O)C1. The van der Waals surface area contributed by atoms with Crippen LogP contribution in [-0.2, 0) is 9.53 Å². The lowest BCUT2D eigenvalue weighted by molar-refractivity contribution is -0.139. The van der Waals surface area contributed by atoms with Gasteiger partial charge in [-0.2, -0.15) is 0 Å². The lowest BCUT2D eigenvalue weighted by Gasteiger charge is -2.37. The number of nitrogens with zero attached hydrogens (tertiary/aromatic N) is 2. The lowest BCUT2D eigenvalue weighted by atomic mass is 10.1. The zero-order valence-electron chi connectivity index (χ0n) is 11.0. The lowest BCUT2D eigenvalue weighted by Crippen LogP contribution is -2.53. The maximum atomic E-state index is 12.4. The van der Waals surface area contributed by atoms with Crippen molar-refractivity contribution in [3.8, 4) is 0 Å². The van der Waals surface area contributed by atoms with Crippen LogP contribution in [0.15, 0.2) is 0 Å². The molecule has 0 saturated carbocycles. The Kier molecular flexibility index (Phi) is 4.60. The monoisotopic (exact) mass is 271 g/mol. The summed E-state index contributed by atoms with van der Waals surface area (Å²) in [5.41, 5.74) is 5.62. The molecule has 2 aliphatic heterocycles. The third-order valence-electron chi connectivity index (χ3n) is 3.77. The van der Waals surface area contributed by atoms with E-state index in [9.17, 15) is 9.59 Å². The van der Waals surface area contributed by atoms with Gasteiger partial charge in [0.25, 0.3) is 0 Å². The molecule has 2 fully saturated rings. The van der Waals surface area contributed by atoms with Gasteiger partial charge in [-0.25, -0.2) is 4.79 Å². The number of nitrogens with two attached hydrogens (primary N) is 1. The van der Waals surface area contributed by atoms with Crippen LogP contribution in [0.2, 0.25) is 0 Å². The number of urea groups is 1. The van der Waals surface area contributed by atoms with E-state index in [2.05, 4.69) is 0 Å². The first kappa shape index (κ1) is 14.1. The number of hydrogen-bond acceptors (Lipinski definition) is 4. The molecule has 2 rings (SSSR count). The van der Waals surface area contributed by atoms with E-state index in [1.807, 2.05) is 0 Å². The fraction of sp³-hybridized carbons (Fsp3) is 0.833. The van der Waals surface area contributed by atoms with Crippen molar-refractivity contribution in [2.24, 2.45) is 11.7 Å². The fourth-order valence-electron chi connectivity index (χ4n) is 2.66. The normalized spacial score (nSPS) is 27.6. The molecule has 0 aromatic heterocycles. The smallest absolute Gasteiger partial charge is 0.320 e. The summed E-state index contributed by atoms with van der Waals surface area (Å²) in [5.74, 6) is -0.544. The Balaban J connectivity index is 1.97. The molecule has 0 radical (unpaired) electrons. The van der Waals surface area contributed by atoms with Gasteiger partial charge in [0.1, 0.15) is 0 Å². The summed E-state index contributed by atoms with van der Waals surface area (Å²) in [6, 6.07) is -0.443. The number of likely N-dealkylation sites (tertiary alicyclic amines) is 1. The Bertz CT molecular complexity index is 350. The van der Waals surface area contributed by atoms with Crippen LogP contribution in [0.25, 0.3) is 0 Å². The summed E-state index contributed by atoms with van der Waals surface area (Å²) >= 11 is 0. The van der Waals surface area contributed by atoms with Gasteiger partial charge in [-0.15, -0.1) is 0 Å². The zero-order chi connectivity index (χ0) is 13.8. The second-order valence-electron chi connectivity index (χ2n) is 5.14. The van der Waals surface area contributed by atoms with E-state index in [0.717, 1.165) is 6.42 Å². The maximum Gasteiger partial charge on any atom is 0.320 e. The van der Waals surface area contributed by atoms with Crippen LogP contribution in [0.3, 0.4) is 0 Å². The molecule has 0 bridgehead atoms. The molecule has 0 aliphatic carbocycles. The van der Waals surface area contributed by atoms with Crippen LogP contribution < -0.4 is 5.73 Å². The molecule has 7 heteroatoms. The molecular weight excluding hydrogens is 250 g/mol.